The lowest BCUT2D eigenvalue weighted by atomic mass is 10.1. The molecule has 0 bridgehead atoms. The van der Waals surface area contributed by atoms with E-state index in [1.54, 1.807) is 6.20 Å². The van der Waals surface area contributed by atoms with E-state index in [2.05, 4.69) is 58.3 Å². The Bertz CT molecular complexity index is 570. The van der Waals surface area contributed by atoms with Crippen LogP contribution >= 0.6 is 27.5 Å². The van der Waals surface area contributed by atoms with Crippen LogP contribution in [0.2, 0.25) is 5.02 Å². The van der Waals surface area contributed by atoms with E-state index in [0.717, 1.165) is 22.4 Å². The molecule has 1 heterocycles. The van der Waals surface area contributed by atoms with Gasteiger partial charge in [-0.25, -0.2) is 4.98 Å². The van der Waals surface area contributed by atoms with E-state index >= 15 is 0 Å². The maximum atomic E-state index is 5.86. The molecule has 1 aromatic heterocycles. The van der Waals surface area contributed by atoms with E-state index in [0.29, 0.717) is 5.02 Å². The van der Waals surface area contributed by atoms with Crippen LogP contribution in [0, 0.1) is 6.92 Å². The summed E-state index contributed by atoms with van der Waals surface area (Å²) in [4.78, 5) is 4.26. The molecule has 0 fully saturated rings. The Balaban J connectivity index is 2.26. The van der Waals surface area contributed by atoms with Crippen LogP contribution in [-0.4, -0.2) is 4.98 Å². The van der Waals surface area contributed by atoms with Gasteiger partial charge in [0, 0.05) is 11.9 Å². The minimum atomic E-state index is 0.616. The first-order valence-corrected chi connectivity index (χ1v) is 6.95. The third kappa shape index (κ3) is 3.03. The summed E-state index contributed by atoms with van der Waals surface area (Å²) in [6, 6.07) is 8.15. The molecule has 0 aliphatic heterocycles. The molecular weight excluding hydrogens is 312 g/mol. The second-order valence-corrected chi connectivity index (χ2v) is 5.39. The van der Waals surface area contributed by atoms with Gasteiger partial charge in [-0.2, -0.15) is 0 Å². The maximum absolute atomic E-state index is 5.86. The number of nitrogens with zero attached hydrogens (tertiary/aromatic N) is 1. The Morgan fingerprint density at radius 2 is 2.11 bits per heavy atom. The van der Waals surface area contributed by atoms with Crippen molar-refractivity contribution in [2.75, 3.05) is 5.32 Å². The maximum Gasteiger partial charge on any atom is 0.144 e. The van der Waals surface area contributed by atoms with Crippen LogP contribution in [-0.2, 0) is 6.42 Å². The van der Waals surface area contributed by atoms with E-state index in [4.69, 9.17) is 11.6 Å². The van der Waals surface area contributed by atoms with Crippen LogP contribution in [0.15, 0.2) is 34.9 Å². The van der Waals surface area contributed by atoms with Crippen LogP contribution in [0.4, 0.5) is 11.5 Å². The lowest BCUT2D eigenvalue weighted by molar-refractivity contribution is 1.11. The zero-order valence-corrected chi connectivity index (χ0v) is 12.6. The molecule has 0 radical (unpaired) electrons. The third-order valence-electron chi connectivity index (χ3n) is 2.79. The van der Waals surface area contributed by atoms with Crippen molar-refractivity contribution in [3.63, 3.8) is 0 Å². The quantitative estimate of drug-likeness (QED) is 0.848. The summed E-state index contributed by atoms with van der Waals surface area (Å²) in [5, 5.41) is 3.89. The van der Waals surface area contributed by atoms with Crippen molar-refractivity contribution in [2.45, 2.75) is 20.3 Å². The van der Waals surface area contributed by atoms with Gasteiger partial charge in [0.15, 0.2) is 0 Å². The first-order chi connectivity index (χ1) is 8.60. The number of anilines is 2. The minimum Gasteiger partial charge on any atom is -0.339 e. The van der Waals surface area contributed by atoms with E-state index in [-0.39, 0.29) is 0 Å². The average molecular weight is 326 g/mol. The van der Waals surface area contributed by atoms with Gasteiger partial charge in [-0.1, -0.05) is 24.6 Å². The summed E-state index contributed by atoms with van der Waals surface area (Å²) in [7, 11) is 0. The molecule has 0 saturated heterocycles. The van der Waals surface area contributed by atoms with Gasteiger partial charge in [0.1, 0.15) is 5.82 Å². The van der Waals surface area contributed by atoms with Crippen molar-refractivity contribution in [1.29, 1.82) is 0 Å². The molecule has 0 aliphatic rings. The van der Waals surface area contributed by atoms with Gasteiger partial charge in [-0.05, 0) is 58.6 Å². The van der Waals surface area contributed by atoms with E-state index in [9.17, 15) is 0 Å². The Morgan fingerprint density at radius 3 is 2.72 bits per heavy atom. The summed E-state index contributed by atoms with van der Waals surface area (Å²) >= 11 is 9.31. The zero-order valence-electron chi connectivity index (χ0n) is 10.3. The standard InChI is InChI=1S/C14H14BrClN2/c1-3-10-4-5-12(6-9(10)2)18-14-13(15)7-11(16)8-17-14/h4-8H,3H2,1-2H3,(H,17,18). The van der Waals surface area contributed by atoms with Gasteiger partial charge < -0.3 is 5.32 Å². The Labute approximate surface area is 121 Å². The monoisotopic (exact) mass is 324 g/mol. The second-order valence-electron chi connectivity index (χ2n) is 4.10. The number of hydrogen-bond donors (Lipinski definition) is 1. The summed E-state index contributed by atoms with van der Waals surface area (Å²) < 4.78 is 0.854. The predicted molar refractivity (Wildman–Crippen MR) is 80.8 cm³/mol. The molecule has 0 saturated carbocycles. The molecule has 18 heavy (non-hydrogen) atoms. The van der Waals surface area contributed by atoms with Crippen LogP contribution in [0.5, 0.6) is 0 Å². The number of nitrogens with one attached hydrogen (secondary N) is 1. The molecule has 0 spiro atoms. The lowest BCUT2D eigenvalue weighted by Crippen LogP contribution is -1.96. The molecule has 0 aliphatic carbocycles. The number of pyridine rings is 1. The number of halogens is 2. The Hall–Kier alpha value is -1.06. The molecular formula is C14H14BrClN2. The first kappa shape index (κ1) is 13.4. The Kier molecular flexibility index (Phi) is 4.25. The average Bonchev–Trinajstić information content (AvgIpc) is 2.33. The smallest absolute Gasteiger partial charge is 0.144 e. The fraction of sp³-hybridized carbons (Fsp3) is 0.214. The van der Waals surface area contributed by atoms with Gasteiger partial charge in [-0.3, -0.25) is 0 Å². The lowest BCUT2D eigenvalue weighted by Gasteiger charge is -2.10. The molecule has 94 valence electrons. The number of aromatic nitrogens is 1. The van der Waals surface area contributed by atoms with Crippen LogP contribution in [0.3, 0.4) is 0 Å². The summed E-state index contributed by atoms with van der Waals surface area (Å²) in [5.41, 5.74) is 3.68. The summed E-state index contributed by atoms with van der Waals surface area (Å²) in [5.74, 6) is 0.767. The second kappa shape index (κ2) is 5.72. The normalized spacial score (nSPS) is 10.4. The SMILES string of the molecule is CCc1ccc(Nc2ncc(Cl)cc2Br)cc1C. The third-order valence-corrected chi connectivity index (χ3v) is 3.61. The molecule has 0 atom stereocenters. The van der Waals surface area contributed by atoms with Crippen molar-refractivity contribution in [2.24, 2.45) is 0 Å². The molecule has 2 nitrogen and oxygen atoms in total. The van der Waals surface area contributed by atoms with Gasteiger partial charge >= 0.3 is 0 Å². The molecule has 2 aromatic rings. The van der Waals surface area contributed by atoms with Crippen molar-refractivity contribution in [3.05, 3.63) is 51.1 Å². The van der Waals surface area contributed by atoms with E-state index in [1.807, 2.05) is 6.07 Å². The number of benzene rings is 1. The number of aryl methyl sites for hydroxylation is 2. The van der Waals surface area contributed by atoms with Crippen LogP contribution in [0.1, 0.15) is 18.1 Å². The summed E-state index contributed by atoms with van der Waals surface area (Å²) in [6.07, 6.45) is 2.68. The topological polar surface area (TPSA) is 24.9 Å². The Morgan fingerprint density at radius 1 is 1.33 bits per heavy atom. The van der Waals surface area contributed by atoms with Crippen molar-refractivity contribution < 1.29 is 0 Å². The number of hydrogen-bond acceptors (Lipinski definition) is 2. The van der Waals surface area contributed by atoms with Crippen LogP contribution < -0.4 is 5.32 Å². The zero-order chi connectivity index (χ0) is 13.1. The largest absolute Gasteiger partial charge is 0.339 e. The molecule has 0 amide bonds. The van der Waals surface area contributed by atoms with Crippen molar-refractivity contribution in [3.8, 4) is 0 Å². The molecule has 2 rings (SSSR count). The highest BCUT2D eigenvalue weighted by molar-refractivity contribution is 9.10. The predicted octanol–water partition coefficient (Wildman–Crippen LogP) is 5.11. The van der Waals surface area contributed by atoms with Gasteiger partial charge in [0.05, 0.1) is 9.50 Å². The highest BCUT2D eigenvalue weighted by Gasteiger charge is 2.04. The van der Waals surface area contributed by atoms with E-state index in [1.165, 1.54) is 11.1 Å². The van der Waals surface area contributed by atoms with E-state index < -0.39 is 0 Å². The highest BCUT2D eigenvalue weighted by atomic mass is 79.9. The molecule has 1 N–H and O–H groups in total. The van der Waals surface area contributed by atoms with Crippen LogP contribution in [0.25, 0.3) is 0 Å². The molecule has 4 heteroatoms. The molecule has 0 unspecified atom stereocenters. The first-order valence-electron chi connectivity index (χ1n) is 5.77. The van der Waals surface area contributed by atoms with Crippen molar-refractivity contribution >= 4 is 39.0 Å². The summed E-state index contributed by atoms with van der Waals surface area (Å²) in [6.45, 7) is 4.28. The highest BCUT2D eigenvalue weighted by Crippen LogP contribution is 2.27. The molecule has 1 aromatic carbocycles. The van der Waals surface area contributed by atoms with Gasteiger partial charge in [-0.15, -0.1) is 0 Å². The number of rotatable bonds is 3. The van der Waals surface area contributed by atoms with Crippen molar-refractivity contribution in [1.82, 2.24) is 4.98 Å². The van der Waals surface area contributed by atoms with Gasteiger partial charge in [0.25, 0.3) is 0 Å². The fourth-order valence-electron chi connectivity index (χ4n) is 1.81. The minimum absolute atomic E-state index is 0.616. The van der Waals surface area contributed by atoms with Gasteiger partial charge in [0.2, 0.25) is 0 Å². The fourth-order valence-corrected chi connectivity index (χ4v) is 2.55.